The summed E-state index contributed by atoms with van der Waals surface area (Å²) in [5.74, 6) is -1.31. The van der Waals surface area contributed by atoms with Crippen LogP contribution in [-0.4, -0.2) is 28.5 Å². The van der Waals surface area contributed by atoms with Gasteiger partial charge in [0.15, 0.2) is 0 Å². The number of anilines is 1. The number of para-hydroxylation sites is 1. The molecular formula is C21H17N3O6. The molecule has 1 heterocycles. The number of nitro groups is 1. The van der Waals surface area contributed by atoms with Gasteiger partial charge in [0, 0.05) is 17.3 Å². The lowest BCUT2D eigenvalue weighted by molar-refractivity contribution is -0.385. The predicted octanol–water partition coefficient (Wildman–Crippen LogP) is 2.84. The smallest absolute Gasteiger partial charge is 0.343 e. The molecular weight excluding hydrogens is 390 g/mol. The van der Waals surface area contributed by atoms with E-state index < -0.39 is 27.7 Å². The molecule has 1 N–H and O–H groups in total. The fourth-order valence-corrected chi connectivity index (χ4v) is 2.83. The molecule has 9 nitrogen and oxygen atoms in total. The highest BCUT2D eigenvalue weighted by Gasteiger charge is 2.20. The number of aromatic nitrogens is 1. The quantitative estimate of drug-likeness (QED) is 0.381. The molecule has 0 bridgehead atoms. The van der Waals surface area contributed by atoms with Crippen LogP contribution in [0.5, 0.6) is 0 Å². The lowest BCUT2D eigenvalue weighted by atomic mass is 10.1. The second kappa shape index (κ2) is 8.82. The maximum absolute atomic E-state index is 12.6. The van der Waals surface area contributed by atoms with E-state index in [0.717, 1.165) is 23.9 Å². The van der Waals surface area contributed by atoms with Gasteiger partial charge in [-0.25, -0.2) is 4.79 Å². The van der Waals surface area contributed by atoms with Gasteiger partial charge in [-0.15, -0.1) is 0 Å². The molecule has 1 aromatic heterocycles. The summed E-state index contributed by atoms with van der Waals surface area (Å²) in [7, 11) is 1.08. The Kier molecular flexibility index (Phi) is 6.02. The minimum atomic E-state index is -0.964. The maximum atomic E-state index is 12.6. The first kappa shape index (κ1) is 20.5. The van der Waals surface area contributed by atoms with Crippen LogP contribution in [0.3, 0.4) is 0 Å². The molecule has 2 aromatic carbocycles. The number of nitrogens with zero attached hydrogens (tertiary/aromatic N) is 2. The summed E-state index contributed by atoms with van der Waals surface area (Å²) < 4.78 is 5.58. The fourth-order valence-electron chi connectivity index (χ4n) is 2.83. The maximum Gasteiger partial charge on any atom is 0.343 e. The monoisotopic (exact) mass is 407 g/mol. The van der Waals surface area contributed by atoms with Crippen molar-refractivity contribution in [1.29, 1.82) is 0 Å². The highest BCUT2D eigenvalue weighted by atomic mass is 16.6. The average Bonchev–Trinajstić information content (AvgIpc) is 2.75. The summed E-state index contributed by atoms with van der Waals surface area (Å²) >= 11 is 0. The number of carbonyl (C=O) groups is 2. The van der Waals surface area contributed by atoms with Crippen LogP contribution in [0, 0.1) is 10.1 Å². The molecule has 0 aliphatic carbocycles. The highest BCUT2D eigenvalue weighted by molar-refractivity contribution is 6.04. The minimum absolute atomic E-state index is 0.0725. The van der Waals surface area contributed by atoms with Crippen LogP contribution in [0.1, 0.15) is 26.3 Å². The third-order valence-electron chi connectivity index (χ3n) is 4.26. The van der Waals surface area contributed by atoms with Crippen LogP contribution in [0.15, 0.2) is 71.7 Å². The summed E-state index contributed by atoms with van der Waals surface area (Å²) in [6, 6.07) is 16.3. The zero-order valence-electron chi connectivity index (χ0n) is 15.9. The number of nitrogens with one attached hydrogen (secondary N) is 1. The molecule has 0 aliphatic heterocycles. The van der Waals surface area contributed by atoms with Gasteiger partial charge in [-0.2, -0.15) is 0 Å². The van der Waals surface area contributed by atoms with Crippen molar-refractivity contribution in [3.63, 3.8) is 0 Å². The topological polar surface area (TPSA) is 121 Å². The third kappa shape index (κ3) is 4.58. The Labute approximate surface area is 170 Å². The highest BCUT2D eigenvalue weighted by Crippen LogP contribution is 2.14. The Balaban J connectivity index is 1.91. The Morgan fingerprint density at radius 1 is 1.10 bits per heavy atom. The Bertz CT molecular complexity index is 1170. The molecule has 1 amide bonds. The van der Waals surface area contributed by atoms with Gasteiger partial charge in [0.05, 0.1) is 24.8 Å². The van der Waals surface area contributed by atoms with Crippen molar-refractivity contribution >= 4 is 23.3 Å². The van der Waals surface area contributed by atoms with Crippen LogP contribution in [0.25, 0.3) is 0 Å². The summed E-state index contributed by atoms with van der Waals surface area (Å²) in [5, 5.41) is 13.9. The number of carbonyl (C=O) groups excluding carboxylic acids is 2. The van der Waals surface area contributed by atoms with E-state index >= 15 is 0 Å². The summed E-state index contributed by atoms with van der Waals surface area (Å²) in [6.45, 7) is -0.0725. The first-order chi connectivity index (χ1) is 14.4. The van der Waals surface area contributed by atoms with Crippen molar-refractivity contribution in [3.05, 3.63) is 104 Å². The standard InChI is InChI=1S/C21H17N3O6/c1-30-21(27)18-11-17(24(28)29)13-23(20(18)26)12-14-6-5-7-15(10-14)19(25)22-16-8-3-2-4-9-16/h2-11,13H,12H2,1H3,(H,22,25). The van der Waals surface area contributed by atoms with Crippen LogP contribution in [0.4, 0.5) is 11.4 Å². The van der Waals surface area contributed by atoms with Gasteiger partial charge in [0.1, 0.15) is 5.56 Å². The number of amides is 1. The summed E-state index contributed by atoms with van der Waals surface area (Å²) in [4.78, 5) is 47.3. The lowest BCUT2D eigenvalue weighted by Crippen LogP contribution is -2.27. The second-order valence-electron chi connectivity index (χ2n) is 6.31. The van der Waals surface area contributed by atoms with Gasteiger partial charge in [-0.05, 0) is 29.8 Å². The zero-order chi connectivity index (χ0) is 21.7. The van der Waals surface area contributed by atoms with Crippen molar-refractivity contribution in [2.24, 2.45) is 0 Å². The molecule has 0 atom stereocenters. The van der Waals surface area contributed by atoms with Crippen molar-refractivity contribution in [3.8, 4) is 0 Å². The zero-order valence-corrected chi connectivity index (χ0v) is 15.9. The largest absolute Gasteiger partial charge is 0.465 e. The van der Waals surface area contributed by atoms with E-state index in [4.69, 9.17) is 0 Å². The molecule has 0 fully saturated rings. The average molecular weight is 407 g/mol. The molecule has 0 radical (unpaired) electrons. The number of esters is 1. The molecule has 3 rings (SSSR count). The molecule has 9 heteroatoms. The normalized spacial score (nSPS) is 10.3. The molecule has 0 saturated carbocycles. The Hall–Kier alpha value is -4.27. The molecule has 0 spiro atoms. The van der Waals surface area contributed by atoms with Gasteiger partial charge in [0.25, 0.3) is 17.2 Å². The first-order valence-corrected chi connectivity index (χ1v) is 8.81. The Morgan fingerprint density at radius 2 is 1.83 bits per heavy atom. The van der Waals surface area contributed by atoms with E-state index in [9.17, 15) is 24.5 Å². The van der Waals surface area contributed by atoms with Crippen molar-refractivity contribution < 1.29 is 19.2 Å². The minimum Gasteiger partial charge on any atom is -0.465 e. The van der Waals surface area contributed by atoms with Crippen molar-refractivity contribution in [2.45, 2.75) is 6.54 Å². The molecule has 0 aliphatic rings. The number of rotatable bonds is 6. The first-order valence-electron chi connectivity index (χ1n) is 8.81. The molecule has 30 heavy (non-hydrogen) atoms. The van der Waals surface area contributed by atoms with E-state index in [-0.39, 0.29) is 12.5 Å². The van der Waals surface area contributed by atoms with Crippen LogP contribution < -0.4 is 10.9 Å². The molecule has 0 saturated heterocycles. The molecule has 3 aromatic rings. The Morgan fingerprint density at radius 3 is 2.50 bits per heavy atom. The molecule has 152 valence electrons. The van der Waals surface area contributed by atoms with E-state index in [2.05, 4.69) is 10.1 Å². The van der Waals surface area contributed by atoms with E-state index in [1.807, 2.05) is 6.07 Å². The number of hydrogen-bond donors (Lipinski definition) is 1. The van der Waals surface area contributed by atoms with Crippen LogP contribution >= 0.6 is 0 Å². The van der Waals surface area contributed by atoms with Crippen LogP contribution in [-0.2, 0) is 11.3 Å². The second-order valence-corrected chi connectivity index (χ2v) is 6.31. The number of benzene rings is 2. The van der Waals surface area contributed by atoms with E-state index in [1.165, 1.54) is 0 Å². The summed E-state index contributed by atoms with van der Waals surface area (Å²) in [5.41, 5.74) is -0.0630. The van der Waals surface area contributed by atoms with Crippen molar-refractivity contribution in [2.75, 3.05) is 12.4 Å². The van der Waals surface area contributed by atoms with Gasteiger partial charge in [0.2, 0.25) is 0 Å². The fraction of sp³-hybridized carbons (Fsp3) is 0.0952. The number of pyridine rings is 1. The summed E-state index contributed by atoms with van der Waals surface area (Å²) in [6.07, 6.45) is 1.05. The lowest BCUT2D eigenvalue weighted by Gasteiger charge is -2.10. The van der Waals surface area contributed by atoms with Crippen LogP contribution in [0.2, 0.25) is 0 Å². The SMILES string of the molecule is COC(=O)c1cc([N+](=O)[O-])cn(Cc2cccc(C(=O)Nc3ccccc3)c2)c1=O. The molecule has 0 unspecified atom stereocenters. The van der Waals surface area contributed by atoms with Gasteiger partial charge in [-0.3, -0.25) is 19.7 Å². The van der Waals surface area contributed by atoms with E-state index in [1.54, 1.807) is 48.5 Å². The van der Waals surface area contributed by atoms with Gasteiger partial charge in [-0.1, -0.05) is 30.3 Å². The predicted molar refractivity (Wildman–Crippen MR) is 109 cm³/mol. The van der Waals surface area contributed by atoms with Crippen molar-refractivity contribution in [1.82, 2.24) is 4.57 Å². The van der Waals surface area contributed by atoms with Gasteiger partial charge < -0.3 is 14.6 Å². The number of hydrogen-bond acceptors (Lipinski definition) is 6. The third-order valence-corrected chi connectivity index (χ3v) is 4.26. The van der Waals surface area contributed by atoms with Gasteiger partial charge >= 0.3 is 5.97 Å². The number of methoxy groups -OCH3 is 1. The van der Waals surface area contributed by atoms with E-state index in [0.29, 0.717) is 16.8 Å². The number of ether oxygens (including phenoxy) is 1.